The second kappa shape index (κ2) is 5.26. The van der Waals surface area contributed by atoms with Crippen molar-refractivity contribution in [2.45, 2.75) is 26.7 Å². The van der Waals surface area contributed by atoms with Gasteiger partial charge in [-0.15, -0.1) is 10.2 Å². The molecule has 0 unspecified atom stereocenters. The molecule has 1 aromatic carbocycles. The van der Waals surface area contributed by atoms with E-state index in [1.54, 1.807) is 13.1 Å². The van der Waals surface area contributed by atoms with Crippen LogP contribution in [0.5, 0.6) is 0 Å². The lowest BCUT2D eigenvalue weighted by atomic mass is 9.97. The normalized spacial score (nSPS) is 11.7. The van der Waals surface area contributed by atoms with Gasteiger partial charge in [0.05, 0.1) is 16.6 Å². The van der Waals surface area contributed by atoms with E-state index in [9.17, 15) is 4.79 Å². The first-order valence-electron chi connectivity index (χ1n) is 7.80. The number of aryl methyl sites for hydroxylation is 1. The summed E-state index contributed by atoms with van der Waals surface area (Å²) in [7, 11) is 0. The highest BCUT2D eigenvalue weighted by atomic mass is 16.4. The summed E-state index contributed by atoms with van der Waals surface area (Å²) in [4.78, 5) is 19.8. The number of hydrogen-bond donors (Lipinski definition) is 1. The molecule has 4 rings (SSSR count). The molecule has 0 atom stereocenters. The maximum absolute atomic E-state index is 12.4. The number of aromatic amines is 1. The largest absolute Gasteiger partial charge is 0.421 e. The molecule has 0 radical (unpaired) electrons. The third kappa shape index (κ3) is 2.19. The molecule has 0 spiro atoms. The van der Waals surface area contributed by atoms with E-state index in [2.05, 4.69) is 29.0 Å². The highest BCUT2D eigenvalue weighted by Crippen LogP contribution is 2.31. The Morgan fingerprint density at radius 1 is 1.12 bits per heavy atom. The van der Waals surface area contributed by atoms with Crippen LogP contribution in [-0.2, 0) is 0 Å². The van der Waals surface area contributed by atoms with Gasteiger partial charge in [0.1, 0.15) is 0 Å². The number of aromatic nitrogens is 4. The highest BCUT2D eigenvalue weighted by molar-refractivity contribution is 6.07. The highest BCUT2D eigenvalue weighted by Gasteiger charge is 2.15. The first-order chi connectivity index (χ1) is 11.5. The number of hydrogen-bond acceptors (Lipinski definition) is 5. The molecular formula is C18H16N4O2. The Morgan fingerprint density at radius 2 is 1.96 bits per heavy atom. The average molecular weight is 320 g/mol. The van der Waals surface area contributed by atoms with Crippen molar-refractivity contribution in [3.8, 4) is 11.5 Å². The molecule has 6 nitrogen and oxygen atoms in total. The first-order valence-corrected chi connectivity index (χ1v) is 7.80. The predicted octanol–water partition coefficient (Wildman–Crippen LogP) is 3.56. The molecule has 1 N–H and O–H groups in total. The van der Waals surface area contributed by atoms with E-state index in [4.69, 9.17) is 9.40 Å². The van der Waals surface area contributed by atoms with Crippen LogP contribution in [0.2, 0.25) is 0 Å². The Hall–Kier alpha value is -3.02. The maximum Gasteiger partial charge on any atom is 0.258 e. The van der Waals surface area contributed by atoms with Crippen LogP contribution in [0.1, 0.15) is 31.4 Å². The van der Waals surface area contributed by atoms with E-state index in [-0.39, 0.29) is 11.5 Å². The smallest absolute Gasteiger partial charge is 0.258 e. The van der Waals surface area contributed by atoms with Crippen LogP contribution in [0.25, 0.3) is 33.1 Å². The van der Waals surface area contributed by atoms with Crippen LogP contribution < -0.4 is 5.56 Å². The van der Waals surface area contributed by atoms with Crippen LogP contribution in [0.4, 0.5) is 0 Å². The molecule has 0 bridgehead atoms. The van der Waals surface area contributed by atoms with Gasteiger partial charge in [-0.3, -0.25) is 9.78 Å². The molecule has 3 heterocycles. The molecule has 6 heteroatoms. The fraction of sp³-hybridized carbons (Fsp3) is 0.222. The summed E-state index contributed by atoms with van der Waals surface area (Å²) in [5, 5.41) is 10.3. The van der Waals surface area contributed by atoms with Crippen molar-refractivity contribution < 1.29 is 4.42 Å². The Bertz CT molecular complexity index is 1120. The van der Waals surface area contributed by atoms with Crippen molar-refractivity contribution in [3.05, 3.63) is 52.4 Å². The monoisotopic (exact) mass is 320 g/mol. The number of nitrogens with one attached hydrogen (secondary N) is 1. The quantitative estimate of drug-likeness (QED) is 0.571. The number of nitrogens with zero attached hydrogens (tertiary/aromatic N) is 3. The number of H-pyrrole nitrogens is 1. The summed E-state index contributed by atoms with van der Waals surface area (Å²) < 4.78 is 5.51. The van der Waals surface area contributed by atoms with Crippen LogP contribution in [0.15, 0.2) is 39.7 Å². The van der Waals surface area contributed by atoms with Gasteiger partial charge < -0.3 is 9.40 Å². The standard InChI is InChI=1S/C18H16N4O2/c1-9(2)16-12-5-4-11(18-22-21-10(3)24-18)8-13(12)15-14(20-16)6-7-19-17(15)23/h4-9H,1-3H3,(H,19,23). The predicted molar refractivity (Wildman–Crippen MR) is 92.0 cm³/mol. The molecule has 0 saturated heterocycles. The van der Waals surface area contributed by atoms with Crippen molar-refractivity contribution in [1.82, 2.24) is 20.2 Å². The molecule has 0 saturated carbocycles. The van der Waals surface area contributed by atoms with E-state index in [0.717, 1.165) is 22.0 Å². The number of pyridine rings is 2. The van der Waals surface area contributed by atoms with E-state index in [0.29, 0.717) is 22.7 Å². The summed E-state index contributed by atoms with van der Waals surface area (Å²) in [5.74, 6) is 1.19. The van der Waals surface area contributed by atoms with Gasteiger partial charge in [-0.25, -0.2) is 0 Å². The summed E-state index contributed by atoms with van der Waals surface area (Å²) in [6.45, 7) is 5.94. The van der Waals surface area contributed by atoms with Crippen molar-refractivity contribution >= 4 is 21.7 Å². The molecule has 120 valence electrons. The Balaban J connectivity index is 2.14. The molecule has 3 aromatic heterocycles. The van der Waals surface area contributed by atoms with Crippen LogP contribution in [-0.4, -0.2) is 20.2 Å². The van der Waals surface area contributed by atoms with Crippen molar-refractivity contribution in [3.63, 3.8) is 0 Å². The zero-order chi connectivity index (χ0) is 16.8. The summed E-state index contributed by atoms with van der Waals surface area (Å²) >= 11 is 0. The summed E-state index contributed by atoms with van der Waals surface area (Å²) in [5.41, 5.74) is 2.29. The lowest BCUT2D eigenvalue weighted by molar-refractivity contribution is 0.533. The van der Waals surface area contributed by atoms with Crippen molar-refractivity contribution in [1.29, 1.82) is 0 Å². The molecule has 0 aliphatic rings. The molecular weight excluding hydrogens is 304 g/mol. The summed E-state index contributed by atoms with van der Waals surface area (Å²) in [6, 6.07) is 7.64. The molecule has 24 heavy (non-hydrogen) atoms. The molecule has 4 aromatic rings. The van der Waals surface area contributed by atoms with Gasteiger partial charge in [0.15, 0.2) is 0 Å². The number of rotatable bonds is 2. The van der Waals surface area contributed by atoms with Gasteiger partial charge in [0, 0.05) is 24.1 Å². The minimum Gasteiger partial charge on any atom is -0.421 e. The third-order valence-corrected chi connectivity index (χ3v) is 4.06. The SMILES string of the molecule is Cc1nnc(-c2ccc3c(C(C)C)nc4cc[nH]c(=O)c4c3c2)o1. The Morgan fingerprint density at radius 3 is 2.67 bits per heavy atom. The topological polar surface area (TPSA) is 84.7 Å². The zero-order valence-corrected chi connectivity index (χ0v) is 13.6. The second-order valence-corrected chi connectivity index (χ2v) is 6.11. The van der Waals surface area contributed by atoms with Gasteiger partial charge in [-0.05, 0) is 29.5 Å². The van der Waals surface area contributed by atoms with Gasteiger partial charge >= 0.3 is 0 Å². The van der Waals surface area contributed by atoms with Gasteiger partial charge in [0.25, 0.3) is 5.56 Å². The molecule has 0 amide bonds. The van der Waals surface area contributed by atoms with E-state index in [1.165, 1.54) is 0 Å². The minimum atomic E-state index is -0.154. The van der Waals surface area contributed by atoms with Gasteiger partial charge in [-0.1, -0.05) is 19.9 Å². The Kier molecular flexibility index (Phi) is 3.19. The fourth-order valence-electron chi connectivity index (χ4n) is 2.97. The maximum atomic E-state index is 12.4. The lowest BCUT2D eigenvalue weighted by Gasteiger charge is -2.12. The van der Waals surface area contributed by atoms with E-state index in [1.807, 2.05) is 24.3 Å². The molecule has 0 aliphatic carbocycles. The van der Waals surface area contributed by atoms with E-state index < -0.39 is 0 Å². The van der Waals surface area contributed by atoms with Crippen LogP contribution in [0.3, 0.4) is 0 Å². The molecule has 0 aliphatic heterocycles. The molecule has 0 fully saturated rings. The fourth-order valence-corrected chi connectivity index (χ4v) is 2.97. The van der Waals surface area contributed by atoms with Crippen LogP contribution >= 0.6 is 0 Å². The summed E-state index contributed by atoms with van der Waals surface area (Å²) in [6.07, 6.45) is 1.62. The van der Waals surface area contributed by atoms with Crippen molar-refractivity contribution in [2.75, 3.05) is 0 Å². The first kappa shape index (κ1) is 14.6. The van der Waals surface area contributed by atoms with Gasteiger partial charge in [0.2, 0.25) is 11.8 Å². The zero-order valence-electron chi connectivity index (χ0n) is 13.6. The number of fused-ring (bicyclic) bond motifs is 3. The third-order valence-electron chi connectivity index (χ3n) is 4.06. The Labute approximate surface area is 137 Å². The van der Waals surface area contributed by atoms with Gasteiger partial charge in [-0.2, -0.15) is 0 Å². The second-order valence-electron chi connectivity index (χ2n) is 6.11. The lowest BCUT2D eigenvalue weighted by Crippen LogP contribution is -2.08. The van der Waals surface area contributed by atoms with Crippen LogP contribution in [0, 0.1) is 6.92 Å². The number of benzene rings is 1. The average Bonchev–Trinajstić information content (AvgIpc) is 3.00. The van der Waals surface area contributed by atoms with Crippen molar-refractivity contribution in [2.24, 2.45) is 0 Å². The van der Waals surface area contributed by atoms with E-state index >= 15 is 0 Å². The minimum absolute atomic E-state index is 0.154.